The van der Waals surface area contributed by atoms with E-state index in [1.807, 2.05) is 30.0 Å². The molecule has 1 aliphatic carbocycles. The Morgan fingerprint density at radius 1 is 0.333 bits per heavy atom. The van der Waals surface area contributed by atoms with E-state index < -0.39 is 5.41 Å². The lowest BCUT2D eigenvalue weighted by molar-refractivity contribution is 0.723. The molecule has 2 aliphatic rings. The summed E-state index contributed by atoms with van der Waals surface area (Å²) in [6, 6.07) is 67.4. The first-order chi connectivity index (χ1) is 26.8. The van der Waals surface area contributed by atoms with Gasteiger partial charge < -0.3 is 0 Å². The van der Waals surface area contributed by atoms with Gasteiger partial charge in [0.15, 0.2) is 17.5 Å². The average molecular weight is 706 g/mol. The van der Waals surface area contributed by atoms with Gasteiger partial charge in [0.2, 0.25) is 0 Å². The summed E-state index contributed by atoms with van der Waals surface area (Å²) in [6.45, 7) is 0. The molecule has 0 N–H and O–H groups in total. The number of aromatic nitrogens is 3. The number of fused-ring (bicyclic) bond motifs is 10. The zero-order valence-corrected chi connectivity index (χ0v) is 30.0. The predicted octanol–water partition coefficient (Wildman–Crippen LogP) is 12.5. The van der Waals surface area contributed by atoms with Crippen LogP contribution >= 0.6 is 11.8 Å². The standard InChI is InChI=1S/C50H31N3S/c1-2-15-33(16-3-1)47-51-48(53-49(52-47)37-29-28-32-14-4-5-17-34(32)30-37)36-19-12-18-35(31-36)38-22-13-26-44-46(38)54-45-27-11-10-25-43(45)50(44)41-23-8-6-20-39(41)40-21-7-9-24-42(40)50/h1-31H. The summed E-state index contributed by atoms with van der Waals surface area (Å²) in [6.07, 6.45) is 0. The van der Waals surface area contributed by atoms with Gasteiger partial charge in [-0.15, -0.1) is 0 Å². The van der Waals surface area contributed by atoms with Crippen LogP contribution in [0.4, 0.5) is 0 Å². The number of nitrogens with zero attached hydrogens (tertiary/aromatic N) is 3. The second-order valence-electron chi connectivity index (χ2n) is 13.9. The van der Waals surface area contributed by atoms with Crippen molar-refractivity contribution in [2.75, 3.05) is 0 Å². The molecule has 0 atom stereocenters. The van der Waals surface area contributed by atoms with Crippen LogP contribution in [0.5, 0.6) is 0 Å². The molecule has 252 valence electrons. The topological polar surface area (TPSA) is 38.7 Å². The summed E-state index contributed by atoms with van der Waals surface area (Å²) in [5, 5.41) is 2.34. The van der Waals surface area contributed by atoms with Crippen LogP contribution in [-0.2, 0) is 5.41 Å². The maximum absolute atomic E-state index is 5.14. The second kappa shape index (κ2) is 12.2. The van der Waals surface area contributed by atoms with Gasteiger partial charge in [-0.3, -0.25) is 0 Å². The molecular formula is C50H31N3S. The Hall–Kier alpha value is -6.62. The highest BCUT2D eigenvalue weighted by atomic mass is 32.2. The van der Waals surface area contributed by atoms with E-state index in [1.54, 1.807) is 0 Å². The molecule has 8 aromatic carbocycles. The van der Waals surface area contributed by atoms with Crippen molar-refractivity contribution in [3.63, 3.8) is 0 Å². The zero-order chi connectivity index (χ0) is 35.6. The van der Waals surface area contributed by atoms with Crippen molar-refractivity contribution in [2.45, 2.75) is 15.2 Å². The van der Waals surface area contributed by atoms with E-state index in [-0.39, 0.29) is 0 Å². The van der Waals surface area contributed by atoms with E-state index in [4.69, 9.17) is 15.0 Å². The Balaban J connectivity index is 1.10. The van der Waals surface area contributed by atoms with Crippen LogP contribution in [0.2, 0.25) is 0 Å². The molecule has 3 nitrogen and oxygen atoms in total. The molecule has 0 fully saturated rings. The lowest BCUT2D eigenvalue weighted by Gasteiger charge is -2.40. The van der Waals surface area contributed by atoms with Crippen molar-refractivity contribution in [1.29, 1.82) is 0 Å². The third kappa shape index (κ3) is 4.67. The van der Waals surface area contributed by atoms with Gasteiger partial charge in [0.05, 0.1) is 5.41 Å². The SMILES string of the molecule is c1ccc(-c2nc(-c3cccc(-c4cccc5c4Sc4ccccc4C54c5ccccc5-c5ccccc54)c3)nc(-c3ccc4ccccc4c3)n2)cc1. The molecule has 9 aromatic rings. The van der Waals surface area contributed by atoms with E-state index in [0.717, 1.165) is 27.6 Å². The van der Waals surface area contributed by atoms with Gasteiger partial charge in [0.1, 0.15) is 0 Å². The van der Waals surface area contributed by atoms with E-state index in [0.29, 0.717) is 17.5 Å². The normalized spacial score (nSPS) is 13.3. The lowest BCUT2D eigenvalue weighted by atomic mass is 9.67. The van der Waals surface area contributed by atoms with Crippen LogP contribution in [0.3, 0.4) is 0 Å². The number of benzene rings is 8. The molecule has 1 aliphatic heterocycles. The van der Waals surface area contributed by atoms with Gasteiger partial charge in [0, 0.05) is 26.5 Å². The van der Waals surface area contributed by atoms with Crippen molar-refractivity contribution in [2.24, 2.45) is 0 Å². The third-order valence-corrected chi connectivity index (χ3v) is 12.2. The van der Waals surface area contributed by atoms with Crippen LogP contribution in [0.25, 0.3) is 67.2 Å². The predicted molar refractivity (Wildman–Crippen MR) is 221 cm³/mol. The molecule has 0 saturated carbocycles. The second-order valence-corrected chi connectivity index (χ2v) is 15.0. The first kappa shape index (κ1) is 31.0. The summed E-state index contributed by atoms with van der Waals surface area (Å²) in [7, 11) is 0. The fourth-order valence-electron chi connectivity index (χ4n) is 8.61. The molecule has 0 amide bonds. The number of hydrogen-bond donors (Lipinski definition) is 0. The van der Waals surface area contributed by atoms with Crippen molar-refractivity contribution in [3.05, 3.63) is 210 Å². The summed E-state index contributed by atoms with van der Waals surface area (Å²) in [5.74, 6) is 1.95. The highest BCUT2D eigenvalue weighted by Crippen LogP contribution is 2.63. The molecule has 0 radical (unpaired) electrons. The number of hydrogen-bond acceptors (Lipinski definition) is 4. The van der Waals surface area contributed by atoms with Crippen LogP contribution in [0.15, 0.2) is 198 Å². The quantitative estimate of drug-likeness (QED) is 0.183. The zero-order valence-electron chi connectivity index (χ0n) is 29.1. The molecule has 11 rings (SSSR count). The van der Waals surface area contributed by atoms with Crippen molar-refractivity contribution >= 4 is 22.5 Å². The molecule has 2 heterocycles. The largest absolute Gasteiger partial charge is 0.208 e. The molecule has 1 spiro atoms. The molecule has 54 heavy (non-hydrogen) atoms. The fraction of sp³-hybridized carbons (Fsp3) is 0.0200. The highest BCUT2D eigenvalue weighted by molar-refractivity contribution is 7.99. The van der Waals surface area contributed by atoms with E-state index in [2.05, 4.69) is 170 Å². The Kier molecular flexibility index (Phi) is 7.01. The minimum absolute atomic E-state index is 0.425. The minimum Gasteiger partial charge on any atom is -0.208 e. The molecule has 0 bridgehead atoms. The summed E-state index contributed by atoms with van der Waals surface area (Å²) in [4.78, 5) is 17.8. The van der Waals surface area contributed by atoms with Gasteiger partial charge in [-0.2, -0.15) is 0 Å². The Morgan fingerprint density at radius 3 is 1.61 bits per heavy atom. The molecule has 1 aromatic heterocycles. The van der Waals surface area contributed by atoms with Crippen molar-refractivity contribution in [1.82, 2.24) is 15.0 Å². The van der Waals surface area contributed by atoms with Crippen LogP contribution in [0, 0.1) is 0 Å². The lowest BCUT2D eigenvalue weighted by Crippen LogP contribution is -2.32. The van der Waals surface area contributed by atoms with Gasteiger partial charge >= 0.3 is 0 Å². The Morgan fingerprint density at radius 2 is 0.852 bits per heavy atom. The van der Waals surface area contributed by atoms with E-state index in [1.165, 1.54) is 54.1 Å². The Bertz CT molecular complexity index is 2890. The van der Waals surface area contributed by atoms with Gasteiger partial charge in [-0.1, -0.05) is 182 Å². The molecule has 0 unspecified atom stereocenters. The maximum atomic E-state index is 5.14. The summed E-state index contributed by atoms with van der Waals surface area (Å²) >= 11 is 1.87. The molecule has 0 saturated heterocycles. The first-order valence-corrected chi connectivity index (χ1v) is 19.1. The van der Waals surface area contributed by atoms with E-state index in [9.17, 15) is 0 Å². The van der Waals surface area contributed by atoms with Gasteiger partial charge in [0.25, 0.3) is 0 Å². The number of rotatable bonds is 4. The molecule has 4 heteroatoms. The summed E-state index contributed by atoms with van der Waals surface area (Å²) < 4.78 is 0. The maximum Gasteiger partial charge on any atom is 0.164 e. The van der Waals surface area contributed by atoms with Crippen LogP contribution in [-0.4, -0.2) is 15.0 Å². The van der Waals surface area contributed by atoms with Crippen LogP contribution in [0.1, 0.15) is 22.3 Å². The van der Waals surface area contributed by atoms with Crippen LogP contribution < -0.4 is 0 Å². The van der Waals surface area contributed by atoms with Gasteiger partial charge in [-0.05, 0) is 73.5 Å². The minimum atomic E-state index is -0.425. The highest BCUT2D eigenvalue weighted by Gasteiger charge is 2.50. The van der Waals surface area contributed by atoms with Crippen molar-refractivity contribution in [3.8, 4) is 56.4 Å². The smallest absolute Gasteiger partial charge is 0.164 e. The fourth-order valence-corrected chi connectivity index (χ4v) is 9.93. The first-order valence-electron chi connectivity index (χ1n) is 18.3. The summed E-state index contributed by atoms with van der Waals surface area (Å²) in [5.41, 5.74) is 12.7. The van der Waals surface area contributed by atoms with Crippen molar-refractivity contribution < 1.29 is 0 Å². The Labute approximate surface area is 318 Å². The average Bonchev–Trinajstić information content (AvgIpc) is 3.54. The van der Waals surface area contributed by atoms with E-state index >= 15 is 0 Å². The third-order valence-electron chi connectivity index (χ3n) is 11.0. The van der Waals surface area contributed by atoms with Gasteiger partial charge in [-0.25, -0.2) is 15.0 Å². The monoisotopic (exact) mass is 705 g/mol. The molecular weight excluding hydrogens is 675 g/mol.